The number of nitrogens with zero attached hydrogens (tertiary/aromatic N) is 1. The number of aromatic nitrogens is 1. The van der Waals surface area contributed by atoms with E-state index in [-0.39, 0.29) is 10.7 Å². The summed E-state index contributed by atoms with van der Waals surface area (Å²) in [7, 11) is -4.14. The first-order chi connectivity index (χ1) is 9.94. The van der Waals surface area contributed by atoms with E-state index in [1.165, 1.54) is 12.3 Å². The molecular formula is C13H13F2N3O2S. The second-order valence-electron chi connectivity index (χ2n) is 4.12. The number of benzene rings is 1. The number of rotatable bonds is 5. The van der Waals surface area contributed by atoms with E-state index in [0.29, 0.717) is 6.54 Å². The van der Waals surface area contributed by atoms with Gasteiger partial charge in [0.1, 0.15) is 11.6 Å². The summed E-state index contributed by atoms with van der Waals surface area (Å²) in [5.74, 6) is -1.62. The molecule has 5 nitrogen and oxygen atoms in total. The molecule has 2 rings (SSSR count). The van der Waals surface area contributed by atoms with E-state index in [1.54, 1.807) is 13.0 Å². The summed E-state index contributed by atoms with van der Waals surface area (Å²) in [5.41, 5.74) is -0.188. The maximum Gasteiger partial charge on any atom is 0.281 e. The van der Waals surface area contributed by atoms with Crippen LogP contribution >= 0.6 is 0 Å². The van der Waals surface area contributed by atoms with Crippen molar-refractivity contribution in [1.29, 1.82) is 0 Å². The van der Waals surface area contributed by atoms with Gasteiger partial charge in [-0.05, 0) is 31.2 Å². The van der Waals surface area contributed by atoms with E-state index in [2.05, 4.69) is 10.3 Å². The van der Waals surface area contributed by atoms with Gasteiger partial charge in [-0.3, -0.25) is 4.72 Å². The molecule has 0 amide bonds. The first-order valence-electron chi connectivity index (χ1n) is 6.11. The molecular weight excluding hydrogens is 300 g/mol. The molecule has 0 saturated heterocycles. The molecule has 0 radical (unpaired) electrons. The number of halogens is 2. The van der Waals surface area contributed by atoms with E-state index in [0.717, 1.165) is 18.2 Å². The van der Waals surface area contributed by atoms with Crippen LogP contribution in [-0.4, -0.2) is 19.9 Å². The van der Waals surface area contributed by atoms with Gasteiger partial charge in [0, 0.05) is 18.8 Å². The molecule has 2 N–H and O–H groups in total. The van der Waals surface area contributed by atoms with Gasteiger partial charge >= 0.3 is 0 Å². The molecule has 0 spiro atoms. The zero-order valence-electron chi connectivity index (χ0n) is 11.1. The Balaban J connectivity index is 2.41. The number of nitrogens with one attached hydrogen (secondary N) is 2. The average molecular weight is 313 g/mol. The van der Waals surface area contributed by atoms with E-state index in [1.807, 2.05) is 4.72 Å². The summed E-state index contributed by atoms with van der Waals surface area (Å²) in [6.45, 7) is 2.28. The number of sulfonamides is 1. The Hall–Kier alpha value is -2.22. The first kappa shape index (κ1) is 15.2. The molecule has 0 aliphatic carbocycles. The van der Waals surface area contributed by atoms with E-state index in [4.69, 9.17) is 0 Å². The van der Waals surface area contributed by atoms with Crippen LogP contribution in [0.5, 0.6) is 0 Å². The lowest BCUT2D eigenvalue weighted by molar-refractivity contribution is 0.592. The molecule has 0 atom stereocenters. The van der Waals surface area contributed by atoms with Gasteiger partial charge in [0.05, 0.1) is 11.4 Å². The molecule has 1 aromatic carbocycles. The van der Waals surface area contributed by atoms with Crippen molar-refractivity contribution >= 4 is 21.4 Å². The zero-order valence-corrected chi connectivity index (χ0v) is 11.9. The smallest absolute Gasteiger partial charge is 0.281 e. The molecule has 1 aromatic heterocycles. The predicted octanol–water partition coefficient (Wildman–Crippen LogP) is 2.59. The molecule has 112 valence electrons. The predicted molar refractivity (Wildman–Crippen MR) is 75.6 cm³/mol. The second kappa shape index (κ2) is 6.04. The van der Waals surface area contributed by atoms with Crippen LogP contribution in [0.1, 0.15) is 6.92 Å². The number of pyridine rings is 1. The summed E-state index contributed by atoms with van der Waals surface area (Å²) in [5, 5.41) is 2.56. The van der Waals surface area contributed by atoms with Crippen molar-refractivity contribution in [2.24, 2.45) is 0 Å². The molecule has 0 unspecified atom stereocenters. The van der Waals surface area contributed by atoms with E-state index in [9.17, 15) is 17.2 Å². The lowest BCUT2D eigenvalue weighted by Crippen LogP contribution is -2.17. The fourth-order valence-corrected chi connectivity index (χ4v) is 2.87. The second-order valence-corrected chi connectivity index (χ2v) is 5.71. The normalized spacial score (nSPS) is 11.2. The highest BCUT2D eigenvalue weighted by molar-refractivity contribution is 7.92. The monoisotopic (exact) mass is 313 g/mol. The van der Waals surface area contributed by atoms with Crippen molar-refractivity contribution in [3.05, 3.63) is 48.2 Å². The van der Waals surface area contributed by atoms with Crippen molar-refractivity contribution in [2.45, 2.75) is 11.9 Å². The Morgan fingerprint density at radius 3 is 2.67 bits per heavy atom. The van der Waals surface area contributed by atoms with Crippen LogP contribution < -0.4 is 10.0 Å². The number of hydrogen-bond donors (Lipinski definition) is 2. The molecule has 0 aliphatic rings. The minimum atomic E-state index is -4.14. The van der Waals surface area contributed by atoms with Crippen molar-refractivity contribution in [2.75, 3.05) is 16.6 Å². The van der Waals surface area contributed by atoms with Crippen LogP contribution in [0.25, 0.3) is 0 Å². The van der Waals surface area contributed by atoms with Gasteiger partial charge in [-0.15, -0.1) is 0 Å². The fraction of sp³-hybridized carbons (Fsp3) is 0.154. The lowest BCUT2D eigenvalue weighted by Gasteiger charge is -2.12. The molecule has 0 bridgehead atoms. The molecule has 8 heteroatoms. The van der Waals surface area contributed by atoms with Crippen molar-refractivity contribution in [3.8, 4) is 0 Å². The third-order valence-corrected chi connectivity index (χ3v) is 3.89. The Morgan fingerprint density at radius 2 is 1.95 bits per heavy atom. The van der Waals surface area contributed by atoms with Crippen LogP contribution in [0, 0.1) is 11.6 Å². The van der Waals surface area contributed by atoms with Crippen LogP contribution in [0.2, 0.25) is 0 Å². The quantitative estimate of drug-likeness (QED) is 0.890. The SMILES string of the molecule is CCNc1cccnc1S(=O)(=O)Nc1cc(F)ccc1F. The summed E-state index contributed by atoms with van der Waals surface area (Å²) < 4.78 is 53.1. The standard InChI is InChI=1S/C13H13F2N3O2S/c1-2-16-11-4-3-7-17-13(11)21(19,20)18-12-8-9(14)5-6-10(12)15/h3-8,16,18H,2H2,1H3. The summed E-state index contributed by atoms with van der Waals surface area (Å²) in [4.78, 5) is 3.79. The molecule has 0 aliphatic heterocycles. The number of anilines is 2. The van der Waals surface area contributed by atoms with Gasteiger partial charge in [-0.25, -0.2) is 13.8 Å². The molecule has 0 saturated carbocycles. The molecule has 0 fully saturated rings. The van der Waals surface area contributed by atoms with Gasteiger partial charge in [-0.2, -0.15) is 8.42 Å². The summed E-state index contributed by atoms with van der Waals surface area (Å²) >= 11 is 0. The summed E-state index contributed by atoms with van der Waals surface area (Å²) in [6.07, 6.45) is 1.30. The first-order valence-corrected chi connectivity index (χ1v) is 7.59. The minimum Gasteiger partial charge on any atom is -0.383 e. The summed E-state index contributed by atoms with van der Waals surface area (Å²) in [6, 6.07) is 5.62. The number of hydrogen-bond acceptors (Lipinski definition) is 4. The highest BCUT2D eigenvalue weighted by atomic mass is 32.2. The Kier molecular flexibility index (Phi) is 4.37. The Morgan fingerprint density at radius 1 is 1.19 bits per heavy atom. The van der Waals surface area contributed by atoms with E-state index >= 15 is 0 Å². The fourth-order valence-electron chi connectivity index (χ4n) is 1.70. The highest BCUT2D eigenvalue weighted by Crippen LogP contribution is 2.23. The van der Waals surface area contributed by atoms with Crippen molar-refractivity contribution in [1.82, 2.24) is 4.98 Å². The Labute approximate surface area is 121 Å². The lowest BCUT2D eigenvalue weighted by atomic mass is 10.3. The van der Waals surface area contributed by atoms with Crippen LogP contribution in [0.15, 0.2) is 41.6 Å². The van der Waals surface area contributed by atoms with Crippen molar-refractivity contribution < 1.29 is 17.2 Å². The van der Waals surface area contributed by atoms with Crippen molar-refractivity contribution in [3.63, 3.8) is 0 Å². The minimum absolute atomic E-state index is 0.282. The topological polar surface area (TPSA) is 71.1 Å². The van der Waals surface area contributed by atoms with Crippen LogP contribution in [-0.2, 0) is 10.0 Å². The molecule has 2 aromatic rings. The van der Waals surface area contributed by atoms with Gasteiger partial charge < -0.3 is 5.32 Å². The molecule has 21 heavy (non-hydrogen) atoms. The van der Waals surface area contributed by atoms with Crippen LogP contribution in [0.4, 0.5) is 20.2 Å². The highest BCUT2D eigenvalue weighted by Gasteiger charge is 2.21. The average Bonchev–Trinajstić information content (AvgIpc) is 2.43. The van der Waals surface area contributed by atoms with Gasteiger partial charge in [-0.1, -0.05) is 0 Å². The maximum absolute atomic E-state index is 13.5. The largest absolute Gasteiger partial charge is 0.383 e. The molecule has 1 heterocycles. The van der Waals surface area contributed by atoms with Gasteiger partial charge in [0.15, 0.2) is 5.03 Å². The Bertz CT molecular complexity index is 751. The van der Waals surface area contributed by atoms with Crippen LogP contribution in [0.3, 0.4) is 0 Å². The zero-order chi connectivity index (χ0) is 15.5. The maximum atomic E-state index is 13.5. The third-order valence-electron chi connectivity index (χ3n) is 2.57. The van der Waals surface area contributed by atoms with Gasteiger partial charge in [0.25, 0.3) is 10.0 Å². The van der Waals surface area contributed by atoms with E-state index < -0.39 is 27.3 Å². The third kappa shape index (κ3) is 3.46. The van der Waals surface area contributed by atoms with Gasteiger partial charge in [0.2, 0.25) is 0 Å².